The molecule has 7 heteroatoms. The molecule has 5 nitrogen and oxygen atoms in total. The molecule has 0 saturated carbocycles. The Morgan fingerprint density at radius 2 is 1.82 bits per heavy atom. The van der Waals surface area contributed by atoms with Crippen LogP contribution in [0, 0.1) is 6.92 Å². The fourth-order valence-corrected chi connectivity index (χ4v) is 5.93. The van der Waals surface area contributed by atoms with E-state index in [1.54, 1.807) is 18.2 Å². The van der Waals surface area contributed by atoms with Crippen LogP contribution in [0.1, 0.15) is 63.6 Å². The van der Waals surface area contributed by atoms with Gasteiger partial charge in [-0.1, -0.05) is 22.9 Å². The lowest BCUT2D eigenvalue weighted by Crippen LogP contribution is -2.54. The number of thiocarbonyl (C=S) groups is 1. The first-order chi connectivity index (χ1) is 15.9. The molecule has 0 aliphatic carbocycles. The molecular weight excluding hydrogens is 510 g/mol. The van der Waals surface area contributed by atoms with E-state index in [0.29, 0.717) is 17.6 Å². The number of aryl methyl sites for hydroxylation is 1. The maximum atomic E-state index is 13.4. The minimum absolute atomic E-state index is 0.0487. The predicted molar refractivity (Wildman–Crippen MR) is 146 cm³/mol. The monoisotopic (exact) mass is 539 g/mol. The van der Waals surface area contributed by atoms with Gasteiger partial charge in [-0.05, 0) is 118 Å². The average molecular weight is 541 g/mol. The molecule has 0 unspecified atom stereocenters. The number of nitrogens with zero attached hydrogens (tertiary/aromatic N) is 2. The van der Waals surface area contributed by atoms with E-state index in [4.69, 9.17) is 12.2 Å². The lowest BCUT2D eigenvalue weighted by atomic mass is 9.78. The first kappa shape index (κ1) is 24.6. The van der Waals surface area contributed by atoms with Crippen LogP contribution >= 0.6 is 28.1 Å². The van der Waals surface area contributed by atoms with E-state index in [0.717, 1.165) is 22.0 Å². The van der Waals surface area contributed by atoms with Crippen molar-refractivity contribution in [2.24, 2.45) is 0 Å². The first-order valence-corrected chi connectivity index (χ1v) is 12.7. The summed E-state index contributed by atoms with van der Waals surface area (Å²) >= 11 is 8.73. The molecule has 1 atom stereocenters. The molecule has 2 aliphatic heterocycles. The molecule has 178 valence electrons. The highest BCUT2D eigenvalue weighted by molar-refractivity contribution is 9.10. The van der Waals surface area contributed by atoms with E-state index in [1.807, 2.05) is 19.1 Å². The Balaban J connectivity index is 1.78. The molecule has 0 aromatic heterocycles. The number of benzene rings is 2. The van der Waals surface area contributed by atoms with E-state index >= 15 is 0 Å². The topological polar surface area (TPSA) is 52.7 Å². The number of rotatable bonds is 3. The van der Waals surface area contributed by atoms with Crippen molar-refractivity contribution >= 4 is 62.5 Å². The van der Waals surface area contributed by atoms with Gasteiger partial charge in [0.05, 0.1) is 5.69 Å². The standard InChI is InChI=1S/C27H30BrN3O2S/c1-15(2)31-23-11-16(3)18(12-21(23)17(4)14-27(31,5)6)13-22-24(32)29-26(34)30(25(22)33)20-9-7-19(28)8-10-20/h7-13,15,17H,14H2,1-6H3,(H,29,32,34)/b22-13+/t17-/m0/s1. The van der Waals surface area contributed by atoms with Crippen molar-refractivity contribution in [2.45, 2.75) is 65.5 Å². The van der Waals surface area contributed by atoms with Crippen LogP contribution in [0.15, 0.2) is 46.4 Å². The van der Waals surface area contributed by atoms with Gasteiger partial charge >= 0.3 is 0 Å². The van der Waals surface area contributed by atoms with E-state index in [2.05, 4.69) is 72.9 Å². The molecule has 1 fully saturated rings. The summed E-state index contributed by atoms with van der Waals surface area (Å²) in [6.07, 6.45) is 2.73. The summed E-state index contributed by atoms with van der Waals surface area (Å²) in [4.78, 5) is 30.1. The van der Waals surface area contributed by atoms with Crippen LogP contribution in [-0.4, -0.2) is 28.5 Å². The normalized spacial score (nSPS) is 21.2. The van der Waals surface area contributed by atoms with Gasteiger partial charge in [-0.25, -0.2) is 0 Å². The van der Waals surface area contributed by atoms with Crippen molar-refractivity contribution < 1.29 is 9.59 Å². The number of nitrogens with one attached hydrogen (secondary N) is 1. The highest BCUT2D eigenvalue weighted by Gasteiger charge is 2.38. The van der Waals surface area contributed by atoms with Gasteiger partial charge < -0.3 is 4.90 Å². The second-order valence-electron chi connectivity index (χ2n) is 10.1. The van der Waals surface area contributed by atoms with Crippen molar-refractivity contribution in [3.63, 3.8) is 0 Å². The Morgan fingerprint density at radius 1 is 1.18 bits per heavy atom. The summed E-state index contributed by atoms with van der Waals surface area (Å²) in [5, 5.41) is 2.76. The lowest BCUT2D eigenvalue weighted by molar-refractivity contribution is -0.122. The van der Waals surface area contributed by atoms with Gasteiger partial charge in [0.25, 0.3) is 11.8 Å². The second kappa shape index (κ2) is 8.93. The zero-order valence-corrected chi connectivity index (χ0v) is 22.8. The van der Waals surface area contributed by atoms with Gasteiger partial charge in [0, 0.05) is 21.7 Å². The van der Waals surface area contributed by atoms with E-state index in [-0.39, 0.29) is 16.2 Å². The minimum atomic E-state index is -0.474. The Labute approximate surface area is 215 Å². The van der Waals surface area contributed by atoms with Gasteiger partial charge in [0.1, 0.15) is 5.57 Å². The molecule has 34 heavy (non-hydrogen) atoms. The number of amides is 2. The van der Waals surface area contributed by atoms with E-state index < -0.39 is 11.8 Å². The summed E-state index contributed by atoms with van der Waals surface area (Å²) < 4.78 is 0.892. The van der Waals surface area contributed by atoms with Crippen LogP contribution in [0.25, 0.3) is 6.08 Å². The number of anilines is 2. The third-order valence-corrected chi connectivity index (χ3v) is 7.48. The molecule has 1 N–H and O–H groups in total. The fourth-order valence-electron chi connectivity index (χ4n) is 5.38. The predicted octanol–water partition coefficient (Wildman–Crippen LogP) is 6.09. The Bertz CT molecular complexity index is 1220. The van der Waals surface area contributed by atoms with Crippen LogP contribution < -0.4 is 15.1 Å². The van der Waals surface area contributed by atoms with Crippen LogP contribution in [0.2, 0.25) is 0 Å². The summed E-state index contributed by atoms with van der Waals surface area (Å²) in [5.41, 5.74) is 5.10. The molecule has 2 aromatic rings. The van der Waals surface area contributed by atoms with Crippen LogP contribution in [0.5, 0.6) is 0 Å². The summed E-state index contributed by atoms with van der Waals surface area (Å²) in [6, 6.07) is 11.9. The minimum Gasteiger partial charge on any atom is -0.364 e. The Kier molecular flexibility index (Phi) is 6.46. The van der Waals surface area contributed by atoms with Gasteiger partial charge in [0.2, 0.25) is 0 Å². The Morgan fingerprint density at radius 3 is 2.44 bits per heavy atom. The third kappa shape index (κ3) is 4.31. The SMILES string of the molecule is Cc1cc2c(cc1/C=C1\C(=O)NC(=S)N(c3ccc(Br)cc3)C1=O)[C@@H](C)CC(C)(C)N2C(C)C. The van der Waals surface area contributed by atoms with Gasteiger partial charge in [-0.3, -0.25) is 19.8 Å². The number of carbonyl (C=O) groups is 2. The summed E-state index contributed by atoms with van der Waals surface area (Å²) in [5.74, 6) is -0.537. The maximum absolute atomic E-state index is 13.4. The molecule has 0 spiro atoms. The number of hydrogen-bond acceptors (Lipinski definition) is 4. The van der Waals surface area contributed by atoms with Gasteiger partial charge in [-0.15, -0.1) is 0 Å². The maximum Gasteiger partial charge on any atom is 0.270 e. The molecule has 2 aromatic carbocycles. The third-order valence-electron chi connectivity index (χ3n) is 6.67. The van der Waals surface area contributed by atoms with Crippen molar-refractivity contribution in [3.05, 3.63) is 63.1 Å². The molecule has 0 bridgehead atoms. The molecule has 4 rings (SSSR count). The zero-order chi connectivity index (χ0) is 24.9. The zero-order valence-electron chi connectivity index (χ0n) is 20.4. The number of hydrogen-bond donors (Lipinski definition) is 1. The Hall–Kier alpha value is -2.51. The number of halogens is 1. The largest absolute Gasteiger partial charge is 0.364 e. The molecule has 2 heterocycles. The van der Waals surface area contributed by atoms with Crippen molar-refractivity contribution in [1.29, 1.82) is 0 Å². The highest BCUT2D eigenvalue weighted by atomic mass is 79.9. The van der Waals surface area contributed by atoms with E-state index in [1.165, 1.54) is 16.2 Å². The first-order valence-electron chi connectivity index (χ1n) is 11.5. The van der Waals surface area contributed by atoms with E-state index in [9.17, 15) is 9.59 Å². The van der Waals surface area contributed by atoms with Crippen LogP contribution in [0.3, 0.4) is 0 Å². The van der Waals surface area contributed by atoms with Gasteiger partial charge in [-0.2, -0.15) is 0 Å². The smallest absolute Gasteiger partial charge is 0.270 e. The second-order valence-corrected chi connectivity index (χ2v) is 11.4. The van der Waals surface area contributed by atoms with Crippen molar-refractivity contribution in [2.75, 3.05) is 9.80 Å². The fraction of sp³-hybridized carbons (Fsp3) is 0.370. The molecule has 2 aliphatic rings. The lowest BCUT2D eigenvalue weighted by Gasteiger charge is -2.50. The molecule has 2 amide bonds. The average Bonchev–Trinajstić information content (AvgIpc) is 2.72. The summed E-state index contributed by atoms with van der Waals surface area (Å²) in [7, 11) is 0. The highest BCUT2D eigenvalue weighted by Crippen LogP contribution is 2.45. The number of carbonyl (C=O) groups excluding carboxylic acids is 2. The van der Waals surface area contributed by atoms with Crippen LogP contribution in [-0.2, 0) is 9.59 Å². The van der Waals surface area contributed by atoms with Crippen molar-refractivity contribution in [1.82, 2.24) is 5.32 Å². The van der Waals surface area contributed by atoms with Gasteiger partial charge in [0.15, 0.2) is 5.11 Å². The quantitative estimate of drug-likeness (QED) is 0.291. The number of fused-ring (bicyclic) bond motifs is 1. The molecule has 0 radical (unpaired) electrons. The van der Waals surface area contributed by atoms with Crippen molar-refractivity contribution in [3.8, 4) is 0 Å². The molecule has 1 saturated heterocycles. The van der Waals surface area contributed by atoms with Crippen LogP contribution in [0.4, 0.5) is 11.4 Å². The summed E-state index contributed by atoms with van der Waals surface area (Å²) in [6.45, 7) is 13.3. The molecular formula is C27H30BrN3O2S.